The fourth-order valence-corrected chi connectivity index (χ4v) is 4.18. The molecule has 1 aliphatic rings. The van der Waals surface area contributed by atoms with Crippen molar-refractivity contribution in [1.82, 2.24) is 0 Å². The van der Waals surface area contributed by atoms with E-state index in [1.807, 2.05) is 18.2 Å². The maximum Gasteiger partial charge on any atom is 0.335 e. The largest absolute Gasteiger partial charge is 0.494 e. The van der Waals surface area contributed by atoms with Gasteiger partial charge in [0, 0.05) is 0 Å². The van der Waals surface area contributed by atoms with Crippen LogP contribution in [0.3, 0.4) is 0 Å². The highest BCUT2D eigenvalue weighted by molar-refractivity contribution is 5.87. The van der Waals surface area contributed by atoms with Crippen molar-refractivity contribution in [3.05, 3.63) is 84.4 Å². The van der Waals surface area contributed by atoms with Crippen LogP contribution in [0.1, 0.15) is 75.6 Å². The third kappa shape index (κ3) is 10.6. The summed E-state index contributed by atoms with van der Waals surface area (Å²) in [6.45, 7) is 5.76. The minimum atomic E-state index is -0.905. The van der Waals surface area contributed by atoms with E-state index in [4.69, 9.17) is 19.3 Å². The molecule has 1 N–H and O–H groups in total. The van der Waals surface area contributed by atoms with Gasteiger partial charge in [-0.2, -0.15) is 0 Å². The summed E-state index contributed by atoms with van der Waals surface area (Å²) in [7, 11) is 0. The molecule has 3 aromatic carbocycles. The molecule has 5 heteroatoms. The van der Waals surface area contributed by atoms with Crippen molar-refractivity contribution in [1.29, 1.82) is 0 Å². The number of carboxylic acid groups (broad SMARTS) is 1. The molecule has 5 nitrogen and oxygen atoms in total. The van der Waals surface area contributed by atoms with Crippen LogP contribution < -0.4 is 9.47 Å². The molecule has 1 aliphatic heterocycles. The standard InChI is InChI=1S/C18H20O2.C15H22O3/c1-2-6-17-18(20-17)13-19-16-11-9-15(10-12-16)14-7-4-3-5-8-14;1-2-3-4-5-6-7-12-18-14-10-8-13(9-11-14)15(16)17/h3-5,7-12,17-18H,2,6,13H2,1H3;8-11H,2-7,12H2,1H3,(H,16,17)/t17-,18-;/m1./s1. The Balaban J connectivity index is 0.000000212. The van der Waals surface area contributed by atoms with E-state index in [2.05, 4.69) is 50.2 Å². The minimum Gasteiger partial charge on any atom is -0.494 e. The van der Waals surface area contributed by atoms with Crippen molar-refractivity contribution in [3.63, 3.8) is 0 Å². The molecule has 1 saturated heterocycles. The minimum absolute atomic E-state index is 0.293. The van der Waals surface area contributed by atoms with E-state index in [0.29, 0.717) is 31.0 Å². The fourth-order valence-electron chi connectivity index (χ4n) is 4.18. The molecule has 0 bridgehead atoms. The van der Waals surface area contributed by atoms with Gasteiger partial charge in [-0.15, -0.1) is 0 Å². The van der Waals surface area contributed by atoms with Crippen LogP contribution >= 0.6 is 0 Å². The van der Waals surface area contributed by atoms with E-state index >= 15 is 0 Å². The van der Waals surface area contributed by atoms with Crippen LogP contribution in [0.4, 0.5) is 0 Å². The van der Waals surface area contributed by atoms with Crippen LogP contribution in [0.15, 0.2) is 78.9 Å². The van der Waals surface area contributed by atoms with Gasteiger partial charge in [-0.3, -0.25) is 0 Å². The lowest BCUT2D eigenvalue weighted by atomic mass is 10.1. The summed E-state index contributed by atoms with van der Waals surface area (Å²) in [4.78, 5) is 10.7. The lowest BCUT2D eigenvalue weighted by Gasteiger charge is -2.06. The Hall–Kier alpha value is -3.31. The first-order valence-corrected chi connectivity index (χ1v) is 14.0. The summed E-state index contributed by atoms with van der Waals surface area (Å²) >= 11 is 0. The Morgan fingerprint density at radius 3 is 1.97 bits per heavy atom. The first kappa shape index (κ1) is 29.2. The third-order valence-electron chi connectivity index (χ3n) is 6.50. The quantitative estimate of drug-likeness (QED) is 0.161. The number of epoxide rings is 1. The van der Waals surface area contributed by atoms with Gasteiger partial charge in [0.15, 0.2) is 0 Å². The summed E-state index contributed by atoms with van der Waals surface area (Å²) in [5.74, 6) is 0.751. The van der Waals surface area contributed by atoms with Gasteiger partial charge in [0.05, 0.1) is 18.3 Å². The van der Waals surface area contributed by atoms with Crippen LogP contribution in [0, 0.1) is 0 Å². The highest BCUT2D eigenvalue weighted by Gasteiger charge is 2.38. The van der Waals surface area contributed by atoms with E-state index in [9.17, 15) is 4.79 Å². The molecule has 1 fully saturated rings. The van der Waals surface area contributed by atoms with Gasteiger partial charge >= 0.3 is 5.97 Å². The number of carbonyl (C=O) groups is 1. The summed E-state index contributed by atoms with van der Waals surface area (Å²) in [5.41, 5.74) is 2.74. The van der Waals surface area contributed by atoms with Crippen LogP contribution in [-0.4, -0.2) is 36.5 Å². The van der Waals surface area contributed by atoms with Crippen molar-refractivity contribution >= 4 is 5.97 Å². The maximum atomic E-state index is 10.7. The summed E-state index contributed by atoms with van der Waals surface area (Å²) in [6, 6.07) is 25.2. The molecule has 0 saturated carbocycles. The smallest absolute Gasteiger partial charge is 0.335 e. The maximum absolute atomic E-state index is 10.7. The lowest BCUT2D eigenvalue weighted by molar-refractivity contribution is 0.0697. The molecule has 0 aliphatic carbocycles. The predicted octanol–water partition coefficient (Wildman–Crippen LogP) is 8.42. The molecule has 0 aromatic heterocycles. The number of aromatic carboxylic acids is 1. The van der Waals surface area contributed by atoms with E-state index in [1.54, 1.807) is 24.3 Å². The predicted molar refractivity (Wildman–Crippen MR) is 153 cm³/mol. The molecule has 0 unspecified atom stereocenters. The van der Waals surface area contributed by atoms with Gasteiger partial charge in [0.1, 0.15) is 24.2 Å². The molecule has 2 atom stereocenters. The Morgan fingerprint density at radius 1 is 0.711 bits per heavy atom. The molecule has 3 aromatic rings. The fraction of sp³-hybridized carbons (Fsp3) is 0.424. The third-order valence-corrected chi connectivity index (χ3v) is 6.50. The molecule has 0 amide bonds. The van der Waals surface area contributed by atoms with Crippen LogP contribution in [0.2, 0.25) is 0 Å². The second kappa shape index (κ2) is 16.5. The molecule has 204 valence electrons. The number of ether oxygens (including phenoxy) is 3. The molecule has 4 rings (SSSR count). The Kier molecular flexibility index (Phi) is 12.7. The topological polar surface area (TPSA) is 68.3 Å². The molecular formula is C33H42O5. The van der Waals surface area contributed by atoms with Gasteiger partial charge in [0.25, 0.3) is 0 Å². The van der Waals surface area contributed by atoms with Crippen molar-refractivity contribution in [2.45, 2.75) is 77.4 Å². The number of hydrogen-bond acceptors (Lipinski definition) is 4. The summed E-state index contributed by atoms with van der Waals surface area (Å²) in [6.07, 6.45) is 10.5. The highest BCUT2D eigenvalue weighted by atomic mass is 16.6. The van der Waals surface area contributed by atoms with Gasteiger partial charge in [-0.1, -0.05) is 94.8 Å². The van der Waals surface area contributed by atoms with Gasteiger partial charge in [-0.25, -0.2) is 4.79 Å². The SMILES string of the molecule is CCCCCCCCOc1ccc(C(=O)O)cc1.CCC[C@H]1O[C@@H]1COc1ccc(-c2ccccc2)cc1. The molecular weight excluding hydrogens is 476 g/mol. The average molecular weight is 519 g/mol. The van der Waals surface area contributed by atoms with Crippen LogP contribution in [-0.2, 0) is 4.74 Å². The number of carboxylic acids is 1. The van der Waals surface area contributed by atoms with Crippen molar-refractivity contribution in [2.24, 2.45) is 0 Å². The Labute approximate surface area is 227 Å². The van der Waals surface area contributed by atoms with E-state index in [-0.39, 0.29) is 0 Å². The summed E-state index contributed by atoms with van der Waals surface area (Å²) < 4.78 is 16.9. The molecule has 38 heavy (non-hydrogen) atoms. The van der Waals surface area contributed by atoms with Gasteiger partial charge < -0.3 is 19.3 Å². The molecule has 0 radical (unpaired) electrons. The number of benzene rings is 3. The van der Waals surface area contributed by atoms with Crippen molar-refractivity contribution in [3.8, 4) is 22.6 Å². The lowest BCUT2D eigenvalue weighted by Crippen LogP contribution is -2.07. The zero-order valence-electron chi connectivity index (χ0n) is 22.8. The second-order valence-corrected chi connectivity index (χ2v) is 9.65. The Morgan fingerprint density at radius 2 is 1.32 bits per heavy atom. The Bertz CT molecular complexity index is 1050. The van der Waals surface area contributed by atoms with E-state index < -0.39 is 5.97 Å². The highest BCUT2D eigenvalue weighted by Crippen LogP contribution is 2.28. The zero-order chi connectivity index (χ0) is 27.0. The van der Waals surface area contributed by atoms with Gasteiger partial charge in [0.2, 0.25) is 0 Å². The van der Waals surface area contributed by atoms with Crippen molar-refractivity contribution < 1.29 is 24.1 Å². The number of rotatable bonds is 15. The van der Waals surface area contributed by atoms with Gasteiger partial charge in [-0.05, 0) is 60.4 Å². The van der Waals surface area contributed by atoms with E-state index in [0.717, 1.165) is 24.3 Å². The van der Waals surface area contributed by atoms with Crippen molar-refractivity contribution in [2.75, 3.05) is 13.2 Å². The van der Waals surface area contributed by atoms with E-state index in [1.165, 1.54) is 49.7 Å². The zero-order valence-corrected chi connectivity index (χ0v) is 22.8. The summed E-state index contributed by atoms with van der Waals surface area (Å²) in [5, 5.41) is 8.75. The number of unbranched alkanes of at least 4 members (excludes halogenated alkanes) is 5. The monoisotopic (exact) mass is 518 g/mol. The van der Waals surface area contributed by atoms with Crippen LogP contribution in [0.25, 0.3) is 11.1 Å². The molecule has 0 spiro atoms. The molecule has 1 heterocycles. The second-order valence-electron chi connectivity index (χ2n) is 9.65. The first-order chi connectivity index (χ1) is 18.6. The average Bonchev–Trinajstić information content (AvgIpc) is 3.71. The number of hydrogen-bond donors (Lipinski definition) is 1. The van der Waals surface area contributed by atoms with Crippen LogP contribution in [0.5, 0.6) is 11.5 Å². The normalized spacial score (nSPS) is 15.7. The first-order valence-electron chi connectivity index (χ1n) is 14.0.